The van der Waals surface area contributed by atoms with E-state index in [-0.39, 0.29) is 0 Å². The summed E-state index contributed by atoms with van der Waals surface area (Å²) in [5, 5.41) is 5.25. The van der Waals surface area contributed by atoms with E-state index in [9.17, 15) is 9.59 Å². The number of rotatable bonds is 5. The first-order chi connectivity index (χ1) is 13.2. The van der Waals surface area contributed by atoms with Gasteiger partial charge in [0.15, 0.2) is 0 Å². The number of ether oxygens (including phenoxy) is 1. The Balaban J connectivity index is 1.67. The monoisotopic (exact) mass is 378 g/mol. The average Bonchev–Trinajstić information content (AvgIpc) is 2.71. The van der Waals surface area contributed by atoms with Crippen molar-refractivity contribution >= 4 is 35.0 Å². The molecule has 3 aromatic carbocycles. The molecule has 0 spiro atoms. The summed E-state index contributed by atoms with van der Waals surface area (Å²) in [6.07, 6.45) is 0. The van der Waals surface area contributed by atoms with Crippen LogP contribution in [-0.4, -0.2) is 18.9 Å². The highest BCUT2D eigenvalue weighted by atomic mass is 32.2. The van der Waals surface area contributed by atoms with Crippen molar-refractivity contribution in [2.24, 2.45) is 0 Å². The van der Waals surface area contributed by atoms with E-state index in [1.165, 1.54) is 11.8 Å². The molecule has 136 valence electrons. The van der Waals surface area contributed by atoms with Crippen LogP contribution < -0.4 is 15.4 Å². The molecular formula is C21H18N2O3S. The summed E-state index contributed by atoms with van der Waals surface area (Å²) in [6, 6.07) is 23.9. The van der Waals surface area contributed by atoms with E-state index in [0.29, 0.717) is 17.1 Å². The van der Waals surface area contributed by atoms with Gasteiger partial charge in [-0.2, -0.15) is 0 Å². The number of carbonyl (C=O) groups excluding carboxylic acids is 2. The minimum atomic E-state index is -0.736. The quantitative estimate of drug-likeness (QED) is 0.645. The van der Waals surface area contributed by atoms with E-state index in [2.05, 4.69) is 10.6 Å². The molecule has 0 aliphatic heterocycles. The van der Waals surface area contributed by atoms with Gasteiger partial charge in [0.05, 0.1) is 12.8 Å². The molecule has 0 atom stereocenters. The zero-order valence-corrected chi connectivity index (χ0v) is 15.5. The Labute approximate surface area is 161 Å². The summed E-state index contributed by atoms with van der Waals surface area (Å²) >= 11 is 1.52. The van der Waals surface area contributed by atoms with Gasteiger partial charge in [-0.3, -0.25) is 9.59 Å². The molecule has 0 saturated carbocycles. The van der Waals surface area contributed by atoms with Crippen LogP contribution in [0.25, 0.3) is 0 Å². The van der Waals surface area contributed by atoms with Crippen molar-refractivity contribution in [3.8, 4) is 5.75 Å². The van der Waals surface area contributed by atoms with Crippen LogP contribution >= 0.6 is 11.8 Å². The van der Waals surface area contributed by atoms with Gasteiger partial charge in [0.2, 0.25) is 0 Å². The number of methoxy groups -OCH3 is 1. The Morgan fingerprint density at radius 2 is 1.41 bits per heavy atom. The molecule has 0 saturated heterocycles. The third-order valence-electron chi connectivity index (χ3n) is 3.66. The number of carbonyl (C=O) groups is 2. The summed E-state index contributed by atoms with van der Waals surface area (Å²) in [5.74, 6) is -0.795. The van der Waals surface area contributed by atoms with Crippen molar-refractivity contribution in [2.45, 2.75) is 9.79 Å². The van der Waals surface area contributed by atoms with E-state index in [1.54, 1.807) is 37.4 Å². The van der Waals surface area contributed by atoms with Gasteiger partial charge in [-0.15, -0.1) is 0 Å². The van der Waals surface area contributed by atoms with E-state index in [4.69, 9.17) is 4.74 Å². The fourth-order valence-corrected chi connectivity index (χ4v) is 3.24. The van der Waals surface area contributed by atoms with Gasteiger partial charge >= 0.3 is 11.8 Å². The van der Waals surface area contributed by atoms with Crippen LogP contribution in [0.2, 0.25) is 0 Å². The molecule has 6 heteroatoms. The number of anilines is 2. The predicted molar refractivity (Wildman–Crippen MR) is 107 cm³/mol. The van der Waals surface area contributed by atoms with Crippen molar-refractivity contribution in [1.82, 2.24) is 0 Å². The number of benzene rings is 3. The first-order valence-electron chi connectivity index (χ1n) is 8.24. The first-order valence-corrected chi connectivity index (χ1v) is 9.05. The Morgan fingerprint density at radius 1 is 0.778 bits per heavy atom. The second kappa shape index (κ2) is 8.91. The van der Waals surface area contributed by atoms with Crippen LogP contribution in [-0.2, 0) is 9.59 Å². The molecule has 0 aliphatic carbocycles. The molecule has 0 unspecified atom stereocenters. The minimum Gasteiger partial charge on any atom is -0.497 e. The van der Waals surface area contributed by atoms with Gasteiger partial charge < -0.3 is 15.4 Å². The Morgan fingerprint density at radius 3 is 2.11 bits per heavy atom. The van der Waals surface area contributed by atoms with Crippen molar-refractivity contribution in [2.75, 3.05) is 17.7 Å². The van der Waals surface area contributed by atoms with Crippen molar-refractivity contribution in [1.29, 1.82) is 0 Å². The van der Waals surface area contributed by atoms with Crippen LogP contribution in [0.4, 0.5) is 11.4 Å². The van der Waals surface area contributed by atoms with Gasteiger partial charge in [0.1, 0.15) is 5.75 Å². The fraction of sp³-hybridized carbons (Fsp3) is 0.0476. The number of amides is 2. The summed E-state index contributed by atoms with van der Waals surface area (Å²) in [7, 11) is 1.56. The lowest BCUT2D eigenvalue weighted by Gasteiger charge is -2.11. The Hall–Kier alpha value is -3.25. The molecule has 0 radical (unpaired) electrons. The maximum Gasteiger partial charge on any atom is 0.314 e. The Bertz CT molecular complexity index is 928. The van der Waals surface area contributed by atoms with E-state index in [0.717, 1.165) is 9.79 Å². The van der Waals surface area contributed by atoms with Crippen LogP contribution in [0.5, 0.6) is 5.75 Å². The lowest BCUT2D eigenvalue weighted by Crippen LogP contribution is -2.29. The van der Waals surface area contributed by atoms with Crippen molar-refractivity contribution < 1.29 is 14.3 Å². The normalized spacial score (nSPS) is 10.1. The smallest absolute Gasteiger partial charge is 0.314 e. The minimum absolute atomic E-state index is 0.517. The van der Waals surface area contributed by atoms with Gasteiger partial charge in [-0.05, 0) is 48.5 Å². The SMILES string of the molecule is COc1ccc(NC(=O)C(=O)Nc2ccccc2Sc2ccccc2)cc1. The van der Waals surface area contributed by atoms with E-state index < -0.39 is 11.8 Å². The molecule has 0 bridgehead atoms. The van der Waals surface area contributed by atoms with Gasteiger partial charge in [0, 0.05) is 15.5 Å². The summed E-state index contributed by atoms with van der Waals surface area (Å²) in [4.78, 5) is 26.4. The highest BCUT2D eigenvalue weighted by Crippen LogP contribution is 2.33. The second-order valence-corrected chi connectivity index (χ2v) is 6.66. The molecule has 0 fully saturated rings. The van der Waals surface area contributed by atoms with Crippen LogP contribution in [0, 0.1) is 0 Å². The molecular weight excluding hydrogens is 360 g/mol. The number of para-hydroxylation sites is 1. The molecule has 0 aromatic heterocycles. The third kappa shape index (κ3) is 5.12. The fourth-order valence-electron chi connectivity index (χ4n) is 2.32. The second-order valence-electron chi connectivity index (χ2n) is 5.55. The molecule has 5 nitrogen and oxygen atoms in total. The van der Waals surface area contributed by atoms with Gasteiger partial charge in [0.25, 0.3) is 0 Å². The van der Waals surface area contributed by atoms with Gasteiger partial charge in [-0.25, -0.2) is 0 Å². The molecule has 2 N–H and O–H groups in total. The maximum atomic E-state index is 12.3. The molecule has 0 aliphatic rings. The van der Waals surface area contributed by atoms with Crippen LogP contribution in [0.15, 0.2) is 88.7 Å². The summed E-state index contributed by atoms with van der Waals surface area (Å²) < 4.78 is 5.07. The summed E-state index contributed by atoms with van der Waals surface area (Å²) in [5.41, 5.74) is 1.10. The average molecular weight is 378 g/mol. The molecule has 2 amide bonds. The maximum absolute atomic E-state index is 12.3. The summed E-state index contributed by atoms with van der Waals surface area (Å²) in [6.45, 7) is 0. The largest absolute Gasteiger partial charge is 0.497 e. The van der Waals surface area contributed by atoms with Crippen LogP contribution in [0.3, 0.4) is 0 Å². The lowest BCUT2D eigenvalue weighted by atomic mass is 10.3. The van der Waals surface area contributed by atoms with Crippen molar-refractivity contribution in [3.05, 3.63) is 78.9 Å². The van der Waals surface area contributed by atoms with Crippen LogP contribution in [0.1, 0.15) is 0 Å². The highest BCUT2D eigenvalue weighted by molar-refractivity contribution is 7.99. The topological polar surface area (TPSA) is 67.4 Å². The van der Waals surface area contributed by atoms with Crippen molar-refractivity contribution in [3.63, 3.8) is 0 Å². The lowest BCUT2D eigenvalue weighted by molar-refractivity contribution is -0.133. The number of nitrogens with one attached hydrogen (secondary N) is 2. The zero-order chi connectivity index (χ0) is 19.1. The Kier molecular flexibility index (Phi) is 6.12. The number of hydrogen-bond donors (Lipinski definition) is 2. The molecule has 3 aromatic rings. The third-order valence-corrected chi connectivity index (χ3v) is 4.74. The first kappa shape index (κ1) is 18.5. The number of hydrogen-bond acceptors (Lipinski definition) is 4. The predicted octanol–water partition coefficient (Wildman–Crippen LogP) is 4.42. The highest BCUT2D eigenvalue weighted by Gasteiger charge is 2.16. The standard InChI is InChI=1S/C21H18N2O3S/c1-26-16-13-11-15(12-14-16)22-20(24)21(25)23-18-9-5-6-10-19(18)27-17-7-3-2-4-8-17/h2-14H,1H3,(H,22,24)(H,23,25). The molecule has 0 heterocycles. The molecule has 3 rings (SSSR count). The zero-order valence-electron chi connectivity index (χ0n) is 14.6. The van der Waals surface area contributed by atoms with E-state index in [1.807, 2.05) is 48.5 Å². The van der Waals surface area contributed by atoms with E-state index >= 15 is 0 Å². The molecule has 27 heavy (non-hydrogen) atoms. The van der Waals surface area contributed by atoms with Gasteiger partial charge in [-0.1, -0.05) is 42.1 Å².